The number of ether oxygens (including phenoxy) is 1. The van der Waals surface area contributed by atoms with Crippen molar-refractivity contribution in [3.63, 3.8) is 0 Å². The highest BCUT2D eigenvalue weighted by molar-refractivity contribution is 6.00. The van der Waals surface area contributed by atoms with Gasteiger partial charge in [-0.1, -0.05) is 18.2 Å². The fraction of sp³-hybridized carbons (Fsp3) is 0.250. The van der Waals surface area contributed by atoms with Gasteiger partial charge in [-0.25, -0.2) is 14.6 Å². The molecule has 1 aliphatic heterocycles. The normalized spacial score (nSPS) is 15.6. The predicted octanol–water partition coefficient (Wildman–Crippen LogP) is 1.48. The lowest BCUT2D eigenvalue weighted by Crippen LogP contribution is -2.45. The van der Waals surface area contributed by atoms with Crippen LogP contribution in [0.2, 0.25) is 0 Å². The van der Waals surface area contributed by atoms with Crippen molar-refractivity contribution in [3.05, 3.63) is 60.8 Å². The second-order valence-electron chi connectivity index (χ2n) is 6.57. The van der Waals surface area contributed by atoms with E-state index in [0.717, 1.165) is 5.56 Å². The maximum absolute atomic E-state index is 12.5. The van der Waals surface area contributed by atoms with Crippen LogP contribution in [-0.4, -0.2) is 44.2 Å². The number of pyridine rings is 1. The van der Waals surface area contributed by atoms with Crippen molar-refractivity contribution in [2.45, 2.75) is 26.0 Å². The molecule has 1 atom stereocenters. The summed E-state index contributed by atoms with van der Waals surface area (Å²) in [5.74, 6) is 0.935. The number of carbonyl (C=O) groups excluding carboxylic acids is 2. The Morgan fingerprint density at radius 2 is 2.10 bits per heavy atom. The number of benzene rings is 1. The number of amides is 2. The first-order chi connectivity index (χ1) is 14.1. The average Bonchev–Trinajstić information content (AvgIpc) is 3.27. The van der Waals surface area contributed by atoms with Crippen LogP contribution in [0, 0.1) is 0 Å². The van der Waals surface area contributed by atoms with Crippen molar-refractivity contribution in [2.24, 2.45) is 0 Å². The number of hydrogen-bond acceptors (Lipinski definition) is 6. The summed E-state index contributed by atoms with van der Waals surface area (Å²) >= 11 is 0. The third-order valence-electron chi connectivity index (χ3n) is 4.62. The van der Waals surface area contributed by atoms with Gasteiger partial charge in [-0.3, -0.25) is 9.59 Å². The fourth-order valence-corrected chi connectivity index (χ4v) is 3.18. The highest BCUT2D eigenvalue weighted by Crippen LogP contribution is 2.33. The third-order valence-corrected chi connectivity index (χ3v) is 4.62. The molecule has 148 valence electrons. The molecule has 2 aromatic heterocycles. The van der Waals surface area contributed by atoms with Gasteiger partial charge >= 0.3 is 0 Å². The molecule has 2 amide bonds. The van der Waals surface area contributed by atoms with E-state index in [1.54, 1.807) is 35.1 Å². The van der Waals surface area contributed by atoms with Crippen LogP contribution in [0.3, 0.4) is 0 Å². The number of nitrogens with zero attached hydrogens (tertiary/aromatic N) is 5. The van der Waals surface area contributed by atoms with E-state index in [1.165, 1.54) is 6.33 Å². The van der Waals surface area contributed by atoms with Crippen LogP contribution in [-0.2, 0) is 16.1 Å². The number of carbonyl (C=O) groups is 2. The SMILES string of the molecule is CC1Oc2ccccc2N(CCC(=O)NCc2cccnc2-n2cncn2)C1=O. The van der Waals surface area contributed by atoms with Crippen molar-refractivity contribution in [1.29, 1.82) is 0 Å². The van der Waals surface area contributed by atoms with Crippen molar-refractivity contribution in [2.75, 3.05) is 11.4 Å². The molecule has 9 nitrogen and oxygen atoms in total. The molecule has 9 heteroatoms. The van der Waals surface area contributed by atoms with Crippen LogP contribution < -0.4 is 15.0 Å². The van der Waals surface area contributed by atoms with E-state index in [1.807, 2.05) is 30.3 Å². The summed E-state index contributed by atoms with van der Waals surface area (Å²) in [5.41, 5.74) is 1.50. The number of para-hydroxylation sites is 2. The van der Waals surface area contributed by atoms with Crippen molar-refractivity contribution >= 4 is 17.5 Å². The van der Waals surface area contributed by atoms with Gasteiger partial charge in [0, 0.05) is 31.3 Å². The standard InChI is InChI=1S/C20H20N6O3/c1-14-20(28)25(16-6-2-3-7-17(16)29-14)10-8-18(27)23-11-15-5-4-9-22-19(15)26-13-21-12-24-26/h2-7,9,12-14H,8,10-11H2,1H3,(H,23,27). The monoisotopic (exact) mass is 392 g/mol. The summed E-state index contributed by atoms with van der Waals surface area (Å²) < 4.78 is 7.17. The molecule has 1 N–H and O–H groups in total. The molecular weight excluding hydrogens is 372 g/mol. The Morgan fingerprint density at radius 1 is 1.24 bits per heavy atom. The van der Waals surface area contributed by atoms with E-state index in [4.69, 9.17) is 4.74 Å². The van der Waals surface area contributed by atoms with Crippen molar-refractivity contribution < 1.29 is 14.3 Å². The number of fused-ring (bicyclic) bond motifs is 1. The Bertz CT molecular complexity index is 1020. The van der Waals surface area contributed by atoms with Gasteiger partial charge in [-0.15, -0.1) is 0 Å². The van der Waals surface area contributed by atoms with Crippen molar-refractivity contribution in [1.82, 2.24) is 25.1 Å². The van der Waals surface area contributed by atoms with E-state index < -0.39 is 6.10 Å². The van der Waals surface area contributed by atoms with E-state index in [0.29, 0.717) is 23.8 Å². The summed E-state index contributed by atoms with van der Waals surface area (Å²) in [6, 6.07) is 11.0. The maximum Gasteiger partial charge on any atom is 0.267 e. The number of aromatic nitrogens is 4. The van der Waals surface area contributed by atoms with Crippen molar-refractivity contribution in [3.8, 4) is 11.6 Å². The van der Waals surface area contributed by atoms with Crippen LogP contribution in [0.4, 0.5) is 5.69 Å². The lowest BCUT2D eigenvalue weighted by molar-refractivity contribution is -0.125. The van der Waals surface area contributed by atoms with Gasteiger partial charge in [-0.05, 0) is 25.1 Å². The summed E-state index contributed by atoms with van der Waals surface area (Å²) in [6.45, 7) is 2.28. The van der Waals surface area contributed by atoms with Gasteiger partial charge in [0.25, 0.3) is 5.91 Å². The average molecular weight is 392 g/mol. The van der Waals surface area contributed by atoms with E-state index in [-0.39, 0.29) is 24.8 Å². The topological polar surface area (TPSA) is 102 Å². The van der Waals surface area contributed by atoms with Gasteiger partial charge in [0.2, 0.25) is 5.91 Å². The van der Waals surface area contributed by atoms with Crippen LogP contribution in [0.5, 0.6) is 5.75 Å². The number of hydrogen-bond donors (Lipinski definition) is 1. The zero-order chi connectivity index (χ0) is 20.2. The lowest BCUT2D eigenvalue weighted by Gasteiger charge is -2.32. The Labute approximate surface area is 167 Å². The molecule has 3 heterocycles. The molecule has 0 aliphatic carbocycles. The summed E-state index contributed by atoms with van der Waals surface area (Å²) in [7, 11) is 0. The minimum Gasteiger partial charge on any atom is -0.479 e. The van der Waals surface area contributed by atoms with Gasteiger partial charge in [0.1, 0.15) is 18.4 Å². The van der Waals surface area contributed by atoms with Gasteiger partial charge < -0.3 is 15.0 Å². The Hall–Kier alpha value is -3.75. The third kappa shape index (κ3) is 3.93. The first kappa shape index (κ1) is 18.6. The van der Waals surface area contributed by atoms with Gasteiger partial charge in [-0.2, -0.15) is 5.10 Å². The van der Waals surface area contributed by atoms with Crippen LogP contribution in [0.15, 0.2) is 55.2 Å². The molecule has 0 radical (unpaired) electrons. The zero-order valence-electron chi connectivity index (χ0n) is 15.9. The molecule has 1 aromatic carbocycles. The molecule has 1 aliphatic rings. The smallest absolute Gasteiger partial charge is 0.267 e. The van der Waals surface area contributed by atoms with E-state index >= 15 is 0 Å². The largest absolute Gasteiger partial charge is 0.479 e. The predicted molar refractivity (Wildman–Crippen MR) is 105 cm³/mol. The second kappa shape index (κ2) is 8.09. The van der Waals surface area contributed by atoms with E-state index in [9.17, 15) is 9.59 Å². The minimum atomic E-state index is -0.575. The zero-order valence-corrected chi connectivity index (χ0v) is 15.9. The van der Waals surface area contributed by atoms with Crippen LogP contribution >= 0.6 is 0 Å². The highest BCUT2D eigenvalue weighted by atomic mass is 16.5. The summed E-state index contributed by atoms with van der Waals surface area (Å²) in [5, 5.41) is 6.96. The Balaban J connectivity index is 1.39. The minimum absolute atomic E-state index is 0.155. The molecule has 0 spiro atoms. The molecule has 0 saturated heterocycles. The molecule has 0 bridgehead atoms. The molecule has 0 saturated carbocycles. The van der Waals surface area contributed by atoms with E-state index in [2.05, 4.69) is 20.4 Å². The molecule has 1 unspecified atom stereocenters. The second-order valence-corrected chi connectivity index (χ2v) is 6.57. The van der Waals surface area contributed by atoms with Gasteiger partial charge in [0.05, 0.1) is 5.69 Å². The highest BCUT2D eigenvalue weighted by Gasteiger charge is 2.31. The molecule has 4 rings (SSSR count). The number of anilines is 1. The van der Waals surface area contributed by atoms with Crippen LogP contribution in [0.1, 0.15) is 18.9 Å². The summed E-state index contributed by atoms with van der Waals surface area (Å²) in [6.07, 6.45) is 4.23. The first-order valence-corrected chi connectivity index (χ1v) is 9.26. The van der Waals surface area contributed by atoms with Gasteiger partial charge in [0.15, 0.2) is 11.9 Å². The lowest BCUT2D eigenvalue weighted by atomic mass is 10.1. The number of rotatable bonds is 6. The molecule has 29 heavy (non-hydrogen) atoms. The first-order valence-electron chi connectivity index (χ1n) is 9.26. The molecular formula is C20H20N6O3. The summed E-state index contributed by atoms with van der Waals surface area (Å²) in [4.78, 5) is 34.8. The molecule has 0 fully saturated rings. The maximum atomic E-state index is 12.5. The quantitative estimate of drug-likeness (QED) is 0.682. The molecule has 3 aromatic rings. The number of nitrogens with one attached hydrogen (secondary N) is 1. The fourth-order valence-electron chi connectivity index (χ4n) is 3.18. The Kier molecular flexibility index (Phi) is 5.19. The van der Waals surface area contributed by atoms with Crippen LogP contribution in [0.25, 0.3) is 5.82 Å². The Morgan fingerprint density at radius 3 is 2.93 bits per heavy atom.